The van der Waals surface area contributed by atoms with Crippen LogP contribution in [0, 0.1) is 0 Å². The normalized spacial score (nSPS) is 22.7. The summed E-state index contributed by atoms with van der Waals surface area (Å²) in [5.41, 5.74) is 0.518. The molecule has 0 aromatic carbocycles. The summed E-state index contributed by atoms with van der Waals surface area (Å²) >= 11 is 3.30. The highest BCUT2D eigenvalue weighted by atomic mass is 79.9. The van der Waals surface area contributed by atoms with E-state index in [9.17, 15) is 13.2 Å². The maximum atomic E-state index is 12.0. The van der Waals surface area contributed by atoms with Crippen molar-refractivity contribution in [2.75, 3.05) is 11.5 Å². The molecule has 0 aliphatic carbocycles. The van der Waals surface area contributed by atoms with Crippen LogP contribution in [0.1, 0.15) is 23.3 Å². The molecule has 1 N–H and O–H groups in total. The van der Waals surface area contributed by atoms with E-state index in [2.05, 4.69) is 21.2 Å². The van der Waals surface area contributed by atoms with Gasteiger partial charge in [0, 0.05) is 23.8 Å². The van der Waals surface area contributed by atoms with Crippen molar-refractivity contribution in [1.82, 2.24) is 9.88 Å². The summed E-state index contributed by atoms with van der Waals surface area (Å²) in [5, 5.41) is 2.79. The van der Waals surface area contributed by atoms with Crippen molar-refractivity contribution in [2.45, 2.75) is 18.9 Å². The van der Waals surface area contributed by atoms with Gasteiger partial charge in [-0.2, -0.15) is 0 Å². The Morgan fingerprint density at radius 1 is 1.56 bits per heavy atom. The zero-order chi connectivity index (χ0) is 13.3. The monoisotopic (exact) mass is 334 g/mol. The summed E-state index contributed by atoms with van der Waals surface area (Å²) in [6, 6.07) is 1.44. The van der Waals surface area contributed by atoms with Crippen LogP contribution in [0.4, 0.5) is 0 Å². The molecule has 7 heteroatoms. The number of hydrogen-bond acceptors (Lipinski definition) is 3. The van der Waals surface area contributed by atoms with Crippen LogP contribution in [0.3, 0.4) is 0 Å². The summed E-state index contributed by atoms with van der Waals surface area (Å²) in [5.74, 6) is 0.0460. The number of aryl methyl sites for hydroxylation is 1. The maximum absolute atomic E-state index is 12.0. The molecule has 1 amide bonds. The molecule has 1 saturated heterocycles. The third kappa shape index (κ3) is 3.14. The van der Waals surface area contributed by atoms with E-state index in [1.54, 1.807) is 23.9 Å². The van der Waals surface area contributed by atoms with Crippen molar-refractivity contribution in [1.29, 1.82) is 0 Å². The second-order valence-electron chi connectivity index (χ2n) is 4.58. The molecular weight excluding hydrogens is 320 g/mol. The van der Waals surface area contributed by atoms with E-state index >= 15 is 0 Å². The summed E-state index contributed by atoms with van der Waals surface area (Å²) in [4.78, 5) is 12.0. The SMILES string of the molecule is Cn1cc(Br)cc1C(=O)NC1CCCS(=O)(=O)C1. The van der Waals surface area contributed by atoms with Gasteiger partial charge in [-0.25, -0.2) is 8.42 Å². The molecule has 1 aromatic heterocycles. The molecule has 1 aromatic rings. The number of carbonyl (C=O) groups is 1. The fraction of sp³-hybridized carbons (Fsp3) is 0.545. The van der Waals surface area contributed by atoms with Crippen molar-refractivity contribution in [3.05, 3.63) is 22.4 Å². The van der Waals surface area contributed by atoms with Crippen molar-refractivity contribution in [2.24, 2.45) is 7.05 Å². The lowest BCUT2D eigenvalue weighted by Crippen LogP contribution is -2.43. The van der Waals surface area contributed by atoms with Gasteiger partial charge in [-0.3, -0.25) is 4.79 Å². The Bertz CT molecular complexity index is 565. The van der Waals surface area contributed by atoms with E-state index in [0.29, 0.717) is 12.1 Å². The summed E-state index contributed by atoms with van der Waals surface area (Å²) in [7, 11) is -1.22. The Morgan fingerprint density at radius 3 is 2.83 bits per heavy atom. The Balaban J connectivity index is 2.06. The number of carbonyl (C=O) groups excluding carboxylic acids is 1. The molecule has 5 nitrogen and oxygen atoms in total. The molecule has 0 bridgehead atoms. The van der Waals surface area contributed by atoms with Gasteiger partial charge in [0.15, 0.2) is 9.84 Å². The minimum Gasteiger partial charge on any atom is -0.347 e. The van der Waals surface area contributed by atoms with Gasteiger partial charge < -0.3 is 9.88 Å². The van der Waals surface area contributed by atoms with Crippen LogP contribution in [0.15, 0.2) is 16.7 Å². The fourth-order valence-corrected chi connectivity index (χ4v) is 4.31. The number of halogens is 1. The number of sulfone groups is 1. The van der Waals surface area contributed by atoms with Gasteiger partial charge in [-0.1, -0.05) is 0 Å². The molecule has 1 aliphatic rings. The second-order valence-corrected chi connectivity index (χ2v) is 7.73. The van der Waals surface area contributed by atoms with Crippen molar-refractivity contribution < 1.29 is 13.2 Å². The highest BCUT2D eigenvalue weighted by molar-refractivity contribution is 9.10. The number of aromatic nitrogens is 1. The molecule has 100 valence electrons. The molecular formula is C11H15BrN2O3S. The van der Waals surface area contributed by atoms with Gasteiger partial charge >= 0.3 is 0 Å². The van der Waals surface area contributed by atoms with Crippen LogP contribution in [-0.4, -0.2) is 36.4 Å². The Morgan fingerprint density at radius 2 is 2.28 bits per heavy atom. The predicted octanol–water partition coefficient (Wildman–Crippen LogP) is 1.09. The number of nitrogens with one attached hydrogen (secondary N) is 1. The van der Waals surface area contributed by atoms with Crippen LogP contribution >= 0.6 is 15.9 Å². The molecule has 1 aliphatic heterocycles. The second kappa shape index (κ2) is 5.05. The van der Waals surface area contributed by atoms with E-state index in [1.807, 2.05) is 0 Å². The topological polar surface area (TPSA) is 68.2 Å². The molecule has 2 rings (SSSR count). The van der Waals surface area contributed by atoms with E-state index in [4.69, 9.17) is 0 Å². The molecule has 2 heterocycles. The first-order valence-electron chi connectivity index (χ1n) is 5.70. The van der Waals surface area contributed by atoms with Crippen LogP contribution in [0.25, 0.3) is 0 Å². The van der Waals surface area contributed by atoms with Gasteiger partial charge in [0.2, 0.25) is 0 Å². The molecule has 0 spiro atoms. The molecule has 1 unspecified atom stereocenters. The summed E-state index contributed by atoms with van der Waals surface area (Å²) in [6.45, 7) is 0. The quantitative estimate of drug-likeness (QED) is 0.880. The average Bonchev–Trinajstić information content (AvgIpc) is 2.56. The fourth-order valence-electron chi connectivity index (χ4n) is 2.15. The van der Waals surface area contributed by atoms with E-state index in [0.717, 1.165) is 10.9 Å². The van der Waals surface area contributed by atoms with Crippen molar-refractivity contribution >= 4 is 31.7 Å². The van der Waals surface area contributed by atoms with E-state index < -0.39 is 9.84 Å². The number of hydrogen-bond donors (Lipinski definition) is 1. The van der Waals surface area contributed by atoms with Crippen LogP contribution in [-0.2, 0) is 16.9 Å². The third-order valence-corrected chi connectivity index (χ3v) is 5.26. The van der Waals surface area contributed by atoms with Gasteiger partial charge in [-0.05, 0) is 34.8 Å². The number of rotatable bonds is 2. The summed E-state index contributed by atoms with van der Waals surface area (Å²) < 4.78 is 25.5. The molecule has 0 saturated carbocycles. The van der Waals surface area contributed by atoms with Crippen LogP contribution in [0.2, 0.25) is 0 Å². The van der Waals surface area contributed by atoms with Gasteiger partial charge in [0.05, 0.1) is 11.5 Å². The van der Waals surface area contributed by atoms with Crippen LogP contribution < -0.4 is 5.32 Å². The first-order chi connectivity index (χ1) is 8.37. The highest BCUT2D eigenvalue weighted by Crippen LogP contribution is 2.16. The first kappa shape index (κ1) is 13.6. The number of amides is 1. The molecule has 1 fully saturated rings. The maximum Gasteiger partial charge on any atom is 0.268 e. The predicted molar refractivity (Wildman–Crippen MR) is 72.3 cm³/mol. The minimum atomic E-state index is -3.00. The Kier molecular flexibility index (Phi) is 3.82. The largest absolute Gasteiger partial charge is 0.347 e. The standard InChI is InChI=1S/C11H15BrN2O3S/c1-14-6-8(12)5-10(14)11(15)13-9-3-2-4-18(16,17)7-9/h5-6,9H,2-4,7H2,1H3,(H,13,15). The lowest BCUT2D eigenvalue weighted by atomic mass is 10.2. The zero-order valence-electron chi connectivity index (χ0n) is 10.0. The zero-order valence-corrected chi connectivity index (χ0v) is 12.4. The average molecular weight is 335 g/mol. The molecule has 1 atom stereocenters. The molecule has 18 heavy (non-hydrogen) atoms. The van der Waals surface area contributed by atoms with Gasteiger partial charge in [0.25, 0.3) is 5.91 Å². The van der Waals surface area contributed by atoms with Crippen LogP contribution in [0.5, 0.6) is 0 Å². The first-order valence-corrected chi connectivity index (χ1v) is 8.32. The summed E-state index contributed by atoms with van der Waals surface area (Å²) in [6.07, 6.45) is 3.12. The van der Waals surface area contributed by atoms with Crippen molar-refractivity contribution in [3.8, 4) is 0 Å². The minimum absolute atomic E-state index is 0.0460. The highest BCUT2D eigenvalue weighted by Gasteiger charge is 2.26. The Hall–Kier alpha value is -0.820. The smallest absolute Gasteiger partial charge is 0.268 e. The van der Waals surface area contributed by atoms with Crippen molar-refractivity contribution in [3.63, 3.8) is 0 Å². The number of nitrogens with zero attached hydrogens (tertiary/aromatic N) is 1. The van der Waals surface area contributed by atoms with E-state index in [1.165, 1.54) is 0 Å². The lowest BCUT2D eigenvalue weighted by molar-refractivity contribution is 0.0930. The Labute approximate surface area is 115 Å². The lowest BCUT2D eigenvalue weighted by Gasteiger charge is -2.23. The van der Waals surface area contributed by atoms with Gasteiger partial charge in [0.1, 0.15) is 5.69 Å². The third-order valence-electron chi connectivity index (χ3n) is 3.00. The molecule has 0 radical (unpaired) electrons. The van der Waals surface area contributed by atoms with E-state index in [-0.39, 0.29) is 23.5 Å². The van der Waals surface area contributed by atoms with Gasteiger partial charge in [-0.15, -0.1) is 0 Å².